The van der Waals surface area contributed by atoms with Crippen molar-refractivity contribution in [1.82, 2.24) is 0 Å². The zero-order valence-electron chi connectivity index (χ0n) is 22.4. The largest absolute Gasteiger partial charge is 0.488 e. The third kappa shape index (κ3) is 6.64. The smallest absolute Gasteiger partial charge is 0.419 e. The fraction of sp³-hybridized carbons (Fsp3) is 0.188. The topological polar surface area (TPSA) is 52.6 Å². The fourth-order valence-corrected chi connectivity index (χ4v) is 4.51. The number of ether oxygens (including phenoxy) is 2. The minimum absolute atomic E-state index is 0.125. The lowest BCUT2D eigenvalue weighted by atomic mass is 9.92. The summed E-state index contributed by atoms with van der Waals surface area (Å²) in [6.07, 6.45) is -8.79. The molecule has 4 aromatic carbocycles. The van der Waals surface area contributed by atoms with E-state index in [1.54, 1.807) is 38.1 Å². The van der Waals surface area contributed by atoms with E-state index in [9.17, 15) is 35.9 Å². The van der Waals surface area contributed by atoms with E-state index in [0.717, 1.165) is 46.5 Å². The Morgan fingerprint density at radius 1 is 0.595 bits per heavy atom. The van der Waals surface area contributed by atoms with Gasteiger partial charge in [-0.25, -0.2) is 0 Å². The van der Waals surface area contributed by atoms with Crippen LogP contribution < -0.4 is 9.47 Å². The molecule has 0 heterocycles. The number of alkyl halides is 6. The van der Waals surface area contributed by atoms with Crippen molar-refractivity contribution < 1.29 is 45.4 Å². The molecular formula is C32H24F6O4. The number of halogens is 6. The molecule has 42 heavy (non-hydrogen) atoms. The number of carbonyl (C=O) groups is 2. The van der Waals surface area contributed by atoms with E-state index < -0.39 is 35.0 Å². The van der Waals surface area contributed by atoms with Crippen LogP contribution in [0.5, 0.6) is 11.5 Å². The Bertz CT molecular complexity index is 1500. The molecule has 0 unspecified atom stereocenters. The van der Waals surface area contributed by atoms with Crippen molar-refractivity contribution in [2.45, 2.75) is 39.4 Å². The average Bonchev–Trinajstić information content (AvgIpc) is 2.95. The number of hydrogen-bond acceptors (Lipinski definition) is 4. The highest BCUT2D eigenvalue weighted by Gasteiger charge is 2.35. The van der Waals surface area contributed by atoms with Crippen molar-refractivity contribution in [1.29, 1.82) is 0 Å². The first-order chi connectivity index (χ1) is 19.8. The Morgan fingerprint density at radius 3 is 1.31 bits per heavy atom. The zero-order valence-corrected chi connectivity index (χ0v) is 22.4. The highest BCUT2D eigenvalue weighted by Crippen LogP contribution is 2.39. The Labute approximate surface area is 237 Å². The van der Waals surface area contributed by atoms with Crippen molar-refractivity contribution in [2.75, 3.05) is 0 Å². The van der Waals surface area contributed by atoms with Gasteiger partial charge in [0, 0.05) is 11.1 Å². The summed E-state index contributed by atoms with van der Waals surface area (Å²) in [5.41, 5.74) is 1.86. The van der Waals surface area contributed by atoms with Crippen LogP contribution in [0.15, 0.2) is 72.8 Å². The summed E-state index contributed by atoms with van der Waals surface area (Å²) in [6, 6.07) is 16.7. The van der Waals surface area contributed by atoms with E-state index in [1.165, 1.54) is 12.1 Å². The molecule has 0 N–H and O–H groups in total. The molecule has 0 amide bonds. The maximum absolute atomic E-state index is 13.5. The van der Waals surface area contributed by atoms with Gasteiger partial charge < -0.3 is 9.47 Å². The number of hydrogen-bond donors (Lipinski definition) is 0. The van der Waals surface area contributed by atoms with Gasteiger partial charge >= 0.3 is 12.4 Å². The van der Waals surface area contributed by atoms with Crippen LogP contribution >= 0.6 is 0 Å². The number of aldehydes is 2. The molecule has 218 valence electrons. The molecule has 0 aliphatic carbocycles. The van der Waals surface area contributed by atoms with E-state index in [4.69, 9.17) is 9.47 Å². The van der Waals surface area contributed by atoms with Crippen molar-refractivity contribution >= 4 is 12.6 Å². The van der Waals surface area contributed by atoms with Crippen LogP contribution in [-0.2, 0) is 25.6 Å². The second-order valence-electron chi connectivity index (χ2n) is 9.50. The first-order valence-corrected chi connectivity index (χ1v) is 12.6. The van der Waals surface area contributed by atoms with Gasteiger partial charge in [-0.3, -0.25) is 9.59 Å². The summed E-state index contributed by atoms with van der Waals surface area (Å²) in [6.45, 7) is 3.23. The maximum atomic E-state index is 13.5. The van der Waals surface area contributed by atoms with Gasteiger partial charge in [-0.05, 0) is 83.6 Å². The SMILES string of the molecule is Cc1c(COc2ccc(C=O)cc2C(F)(F)F)cccc1-c1cccc(COc2ccc(C=O)cc2C(F)(F)F)c1C. The van der Waals surface area contributed by atoms with Gasteiger partial charge in [-0.15, -0.1) is 0 Å². The van der Waals surface area contributed by atoms with Crippen LogP contribution in [0.3, 0.4) is 0 Å². The van der Waals surface area contributed by atoms with Gasteiger partial charge in [-0.2, -0.15) is 26.3 Å². The second-order valence-corrected chi connectivity index (χ2v) is 9.50. The van der Waals surface area contributed by atoms with Gasteiger partial charge in [-0.1, -0.05) is 36.4 Å². The minimum atomic E-state index is -4.72. The molecule has 0 aliphatic rings. The van der Waals surface area contributed by atoms with E-state index in [0.29, 0.717) is 23.7 Å². The molecule has 0 spiro atoms. The number of rotatable bonds is 9. The summed E-state index contributed by atoms with van der Waals surface area (Å²) >= 11 is 0. The van der Waals surface area contributed by atoms with Crippen molar-refractivity contribution in [3.8, 4) is 22.6 Å². The van der Waals surface area contributed by atoms with Crippen molar-refractivity contribution in [3.05, 3.63) is 117 Å². The minimum Gasteiger partial charge on any atom is -0.488 e. The fourth-order valence-electron chi connectivity index (χ4n) is 4.51. The highest BCUT2D eigenvalue weighted by atomic mass is 19.4. The number of benzene rings is 4. The first kappa shape index (κ1) is 30.4. The predicted molar refractivity (Wildman–Crippen MR) is 144 cm³/mol. The molecule has 0 aromatic heterocycles. The van der Waals surface area contributed by atoms with E-state index in [2.05, 4.69) is 0 Å². The van der Waals surface area contributed by atoms with Crippen molar-refractivity contribution in [3.63, 3.8) is 0 Å². The van der Waals surface area contributed by atoms with Crippen LogP contribution in [0.4, 0.5) is 26.3 Å². The van der Waals surface area contributed by atoms with Crippen LogP contribution in [-0.4, -0.2) is 12.6 Å². The van der Waals surface area contributed by atoms with Gasteiger partial charge in [0.25, 0.3) is 0 Å². The average molecular weight is 587 g/mol. The molecule has 4 aromatic rings. The molecule has 4 nitrogen and oxygen atoms in total. The van der Waals surface area contributed by atoms with Crippen LogP contribution in [0, 0.1) is 13.8 Å². The Hall–Kier alpha value is -4.60. The van der Waals surface area contributed by atoms with Crippen LogP contribution in [0.1, 0.15) is 54.1 Å². The third-order valence-corrected chi connectivity index (χ3v) is 6.84. The molecule has 0 bridgehead atoms. The second kappa shape index (κ2) is 12.1. The highest BCUT2D eigenvalue weighted by molar-refractivity contribution is 5.76. The van der Waals surface area contributed by atoms with Crippen molar-refractivity contribution in [2.24, 2.45) is 0 Å². The standard InChI is InChI=1S/C32H24F6O4/c1-19-23(17-41-29-11-9-21(15-39)13-27(29)31(33,34)35)5-3-7-25(19)26-8-4-6-24(20(26)2)18-42-30-12-10-22(16-40)14-28(30)32(36,37)38/h3-16H,17-18H2,1-2H3. The molecule has 0 atom stereocenters. The van der Waals surface area contributed by atoms with Gasteiger partial charge in [0.05, 0.1) is 11.1 Å². The van der Waals surface area contributed by atoms with E-state index >= 15 is 0 Å². The van der Waals surface area contributed by atoms with Gasteiger partial charge in [0.2, 0.25) is 0 Å². The van der Waals surface area contributed by atoms with Crippen LogP contribution in [0.25, 0.3) is 11.1 Å². The first-order valence-electron chi connectivity index (χ1n) is 12.6. The Kier molecular flexibility index (Phi) is 8.75. The monoisotopic (exact) mass is 586 g/mol. The Morgan fingerprint density at radius 2 is 0.976 bits per heavy atom. The molecule has 0 saturated heterocycles. The summed E-state index contributed by atoms with van der Waals surface area (Å²) in [4.78, 5) is 21.9. The normalized spacial score (nSPS) is 11.7. The van der Waals surface area contributed by atoms with Crippen LogP contribution in [0.2, 0.25) is 0 Å². The number of carbonyl (C=O) groups excluding carboxylic acids is 2. The third-order valence-electron chi connectivity index (χ3n) is 6.84. The van der Waals surface area contributed by atoms with E-state index in [1.807, 2.05) is 12.1 Å². The summed E-state index contributed by atoms with van der Waals surface area (Å²) in [7, 11) is 0. The molecule has 10 heteroatoms. The predicted octanol–water partition coefficient (Wildman–Crippen LogP) is 8.79. The zero-order chi connectivity index (χ0) is 30.7. The molecule has 0 radical (unpaired) electrons. The molecular weight excluding hydrogens is 562 g/mol. The lowest BCUT2D eigenvalue weighted by Gasteiger charge is -2.19. The summed E-state index contributed by atoms with van der Waals surface area (Å²) in [5.74, 6) is -0.819. The molecule has 0 aliphatic heterocycles. The summed E-state index contributed by atoms with van der Waals surface area (Å²) in [5, 5.41) is 0. The Balaban J connectivity index is 1.59. The lowest BCUT2D eigenvalue weighted by molar-refractivity contribution is -0.139. The van der Waals surface area contributed by atoms with E-state index in [-0.39, 0.29) is 24.3 Å². The summed E-state index contributed by atoms with van der Waals surface area (Å²) < 4.78 is 92.4. The van der Waals surface area contributed by atoms with Gasteiger partial charge in [0.15, 0.2) is 0 Å². The lowest BCUT2D eigenvalue weighted by Crippen LogP contribution is -2.10. The quantitative estimate of drug-likeness (QED) is 0.145. The van der Waals surface area contributed by atoms with Gasteiger partial charge in [0.1, 0.15) is 37.3 Å². The molecule has 0 fully saturated rings. The molecule has 4 rings (SSSR count). The molecule has 0 saturated carbocycles. The maximum Gasteiger partial charge on any atom is 0.419 e.